The molecule has 6 heteroatoms. The highest BCUT2D eigenvalue weighted by Gasteiger charge is 2.11. The molecule has 4 nitrogen and oxygen atoms in total. The van der Waals surface area contributed by atoms with E-state index in [-0.39, 0.29) is 18.3 Å². The van der Waals surface area contributed by atoms with Gasteiger partial charge in [0.05, 0.1) is 6.10 Å². The summed E-state index contributed by atoms with van der Waals surface area (Å²) < 4.78 is 24.1. The molecule has 2 aromatic rings. The number of carbonyl (C=O) groups excluding carboxylic acids is 1. The highest BCUT2D eigenvalue weighted by Crippen LogP contribution is 2.13. The predicted octanol–water partition coefficient (Wildman–Crippen LogP) is 2.17. The fourth-order valence-electron chi connectivity index (χ4n) is 2.13. The van der Waals surface area contributed by atoms with Crippen molar-refractivity contribution in [2.75, 3.05) is 12.8 Å². The zero-order valence-corrected chi connectivity index (χ0v) is 13.5. The van der Waals surface area contributed by atoms with Crippen molar-refractivity contribution >= 4 is 16.7 Å². The Hall–Kier alpha value is -2.05. The number of aliphatic hydroxyl groups is 1. The molecule has 2 rings (SSSR count). The van der Waals surface area contributed by atoms with Gasteiger partial charge in [-0.05, 0) is 35.4 Å². The molecule has 0 spiro atoms. The maximum Gasteiger partial charge on any atom is 0.251 e. The lowest BCUT2D eigenvalue weighted by molar-refractivity contribution is 0.0916. The second-order valence-corrected chi connectivity index (χ2v) is 6.63. The monoisotopic (exact) mass is 335 g/mol. The number of hydrogen-bond acceptors (Lipinski definition) is 3. The van der Waals surface area contributed by atoms with E-state index >= 15 is 0 Å². The molecule has 0 heterocycles. The molecule has 2 N–H and O–H groups in total. The lowest BCUT2D eigenvalue weighted by Crippen LogP contribution is -2.28. The standard InChI is InChI=1S/C17H18FNO3S/c1-23(22)11-12-3-2-4-14(9-12)17(21)19-10-16(20)13-5-7-15(18)8-6-13/h2-9,16,20H,10-11H2,1H3,(H,19,21). The normalized spacial score (nSPS) is 13.3. The Morgan fingerprint density at radius 2 is 1.96 bits per heavy atom. The molecular weight excluding hydrogens is 317 g/mol. The van der Waals surface area contributed by atoms with Gasteiger partial charge in [0, 0.05) is 34.9 Å². The Balaban J connectivity index is 1.96. The van der Waals surface area contributed by atoms with Crippen molar-refractivity contribution in [3.05, 3.63) is 71.0 Å². The van der Waals surface area contributed by atoms with Crippen LogP contribution in [0, 0.1) is 5.82 Å². The van der Waals surface area contributed by atoms with Crippen LogP contribution in [-0.4, -0.2) is 28.0 Å². The first kappa shape index (κ1) is 17.3. The Morgan fingerprint density at radius 1 is 1.26 bits per heavy atom. The van der Waals surface area contributed by atoms with Crippen LogP contribution in [0.3, 0.4) is 0 Å². The Labute approximate surface area is 136 Å². The van der Waals surface area contributed by atoms with Crippen LogP contribution in [0.15, 0.2) is 48.5 Å². The molecule has 0 aromatic heterocycles. The molecule has 2 unspecified atom stereocenters. The second-order valence-electron chi connectivity index (χ2n) is 5.20. The Kier molecular flexibility index (Phi) is 6.01. The van der Waals surface area contributed by atoms with E-state index in [9.17, 15) is 18.5 Å². The number of benzene rings is 2. The van der Waals surface area contributed by atoms with E-state index in [4.69, 9.17) is 0 Å². The summed E-state index contributed by atoms with van der Waals surface area (Å²) in [7, 11) is -0.978. The van der Waals surface area contributed by atoms with Crippen LogP contribution in [0.4, 0.5) is 4.39 Å². The van der Waals surface area contributed by atoms with E-state index < -0.39 is 16.9 Å². The van der Waals surface area contributed by atoms with Gasteiger partial charge in [-0.2, -0.15) is 0 Å². The predicted molar refractivity (Wildman–Crippen MR) is 87.9 cm³/mol. The van der Waals surface area contributed by atoms with Crippen LogP contribution in [-0.2, 0) is 16.6 Å². The highest BCUT2D eigenvalue weighted by atomic mass is 32.2. The zero-order valence-electron chi connectivity index (χ0n) is 12.7. The average Bonchev–Trinajstić information content (AvgIpc) is 2.52. The summed E-state index contributed by atoms with van der Waals surface area (Å²) in [4.78, 5) is 12.1. The topological polar surface area (TPSA) is 66.4 Å². The van der Waals surface area contributed by atoms with Gasteiger partial charge in [-0.15, -0.1) is 0 Å². The van der Waals surface area contributed by atoms with Crippen molar-refractivity contribution in [1.82, 2.24) is 5.32 Å². The third-order valence-corrected chi connectivity index (χ3v) is 4.01. The van der Waals surface area contributed by atoms with Gasteiger partial charge < -0.3 is 10.4 Å². The van der Waals surface area contributed by atoms with Crippen LogP contribution >= 0.6 is 0 Å². The van der Waals surface area contributed by atoms with Gasteiger partial charge in [-0.25, -0.2) is 4.39 Å². The quantitative estimate of drug-likeness (QED) is 0.850. The number of nitrogens with one attached hydrogen (secondary N) is 1. The van der Waals surface area contributed by atoms with E-state index in [0.717, 1.165) is 5.56 Å². The molecule has 0 bridgehead atoms. The molecule has 0 saturated heterocycles. The molecule has 23 heavy (non-hydrogen) atoms. The Bertz CT molecular complexity index is 703. The highest BCUT2D eigenvalue weighted by molar-refractivity contribution is 7.83. The van der Waals surface area contributed by atoms with Crippen molar-refractivity contribution in [1.29, 1.82) is 0 Å². The summed E-state index contributed by atoms with van der Waals surface area (Å²) >= 11 is 0. The molecular formula is C17H18FNO3S. The Morgan fingerprint density at radius 3 is 2.61 bits per heavy atom. The summed E-state index contributed by atoms with van der Waals surface area (Å²) in [5.41, 5.74) is 1.79. The van der Waals surface area contributed by atoms with Crippen LogP contribution < -0.4 is 5.32 Å². The molecule has 1 amide bonds. The number of rotatable bonds is 6. The lowest BCUT2D eigenvalue weighted by Gasteiger charge is -2.12. The van der Waals surface area contributed by atoms with Crippen LogP contribution in [0.5, 0.6) is 0 Å². The van der Waals surface area contributed by atoms with Crippen molar-refractivity contribution in [3.8, 4) is 0 Å². The molecule has 0 aliphatic heterocycles. The number of halogens is 1. The van der Waals surface area contributed by atoms with Gasteiger partial charge in [0.15, 0.2) is 0 Å². The van der Waals surface area contributed by atoms with Crippen molar-refractivity contribution in [3.63, 3.8) is 0 Å². The SMILES string of the molecule is CS(=O)Cc1cccc(C(=O)NCC(O)c2ccc(F)cc2)c1. The van der Waals surface area contributed by atoms with Crippen LogP contribution in [0.25, 0.3) is 0 Å². The molecule has 122 valence electrons. The third-order valence-electron chi connectivity index (χ3n) is 3.27. The molecule has 0 saturated carbocycles. The minimum Gasteiger partial charge on any atom is -0.387 e. The molecule has 0 aliphatic carbocycles. The zero-order chi connectivity index (χ0) is 16.8. The maximum atomic E-state index is 12.8. The van der Waals surface area contributed by atoms with Gasteiger partial charge in [0.1, 0.15) is 5.82 Å². The first-order valence-corrected chi connectivity index (χ1v) is 8.79. The van der Waals surface area contributed by atoms with E-state index in [2.05, 4.69) is 5.32 Å². The molecule has 0 radical (unpaired) electrons. The van der Waals surface area contributed by atoms with Crippen molar-refractivity contribution in [2.45, 2.75) is 11.9 Å². The van der Waals surface area contributed by atoms with Gasteiger partial charge in [-0.3, -0.25) is 9.00 Å². The number of carbonyl (C=O) groups is 1. The minimum absolute atomic E-state index is 0.0222. The number of amides is 1. The van der Waals surface area contributed by atoms with E-state index in [1.807, 2.05) is 6.07 Å². The fraction of sp³-hybridized carbons (Fsp3) is 0.235. The molecule has 2 atom stereocenters. The summed E-state index contributed by atoms with van der Waals surface area (Å²) in [5, 5.41) is 12.6. The third kappa shape index (κ3) is 5.26. The van der Waals surface area contributed by atoms with Crippen LogP contribution in [0.2, 0.25) is 0 Å². The average molecular weight is 335 g/mol. The molecule has 2 aromatic carbocycles. The first-order chi connectivity index (χ1) is 11.0. The van der Waals surface area contributed by atoms with E-state index in [0.29, 0.717) is 16.9 Å². The number of aliphatic hydroxyl groups excluding tert-OH is 1. The second kappa shape index (κ2) is 7.99. The van der Waals surface area contributed by atoms with Crippen LogP contribution in [0.1, 0.15) is 27.6 Å². The largest absolute Gasteiger partial charge is 0.387 e. The fourth-order valence-corrected chi connectivity index (χ4v) is 2.78. The van der Waals surface area contributed by atoms with Gasteiger partial charge in [0.2, 0.25) is 0 Å². The summed E-state index contributed by atoms with van der Waals surface area (Å²) in [6.07, 6.45) is 0.692. The summed E-state index contributed by atoms with van der Waals surface area (Å²) in [6, 6.07) is 12.3. The maximum absolute atomic E-state index is 12.8. The first-order valence-electron chi connectivity index (χ1n) is 7.06. The van der Waals surface area contributed by atoms with Gasteiger partial charge in [-0.1, -0.05) is 24.3 Å². The lowest BCUT2D eigenvalue weighted by atomic mass is 10.1. The van der Waals surface area contributed by atoms with Gasteiger partial charge >= 0.3 is 0 Å². The molecule has 0 fully saturated rings. The smallest absolute Gasteiger partial charge is 0.251 e. The van der Waals surface area contributed by atoms with Crippen molar-refractivity contribution in [2.24, 2.45) is 0 Å². The van der Waals surface area contributed by atoms with Crippen molar-refractivity contribution < 1.29 is 18.5 Å². The minimum atomic E-state index is -0.978. The number of hydrogen-bond donors (Lipinski definition) is 2. The summed E-state index contributed by atoms with van der Waals surface area (Å²) in [5.74, 6) is -0.315. The molecule has 0 aliphatic rings. The van der Waals surface area contributed by atoms with E-state index in [1.54, 1.807) is 24.5 Å². The summed E-state index contributed by atoms with van der Waals surface area (Å²) in [6.45, 7) is 0.0222. The van der Waals surface area contributed by atoms with Gasteiger partial charge in [0.25, 0.3) is 5.91 Å². The van der Waals surface area contributed by atoms with E-state index in [1.165, 1.54) is 24.3 Å².